The Morgan fingerprint density at radius 3 is 1.68 bits per heavy atom. The Morgan fingerprint density at radius 2 is 1.18 bits per heavy atom. The molecule has 0 atom stereocenters. The molecule has 2 aliphatic rings. The monoisotopic (exact) mass is 398 g/mol. The van der Waals surface area contributed by atoms with Crippen LogP contribution in [0.1, 0.15) is 5.56 Å². The molecule has 0 aromatic heterocycles. The molecule has 5 heteroatoms. The third-order valence-electron chi connectivity index (χ3n) is 6.02. The second-order valence-electron chi connectivity index (χ2n) is 7.98. The summed E-state index contributed by atoms with van der Waals surface area (Å²) in [4.78, 5) is 10.2. The number of hydrogen-bond donors (Lipinski definition) is 0. The van der Waals surface area contributed by atoms with E-state index in [1.807, 2.05) is 12.1 Å². The van der Waals surface area contributed by atoms with E-state index in [1.165, 1.54) is 30.0 Å². The van der Waals surface area contributed by atoms with Gasteiger partial charge in [0.2, 0.25) is 0 Å². The highest BCUT2D eigenvalue weighted by molar-refractivity contribution is 6.30. The smallest absolute Gasteiger partial charge is 0.0426 e. The zero-order chi connectivity index (χ0) is 19.3. The highest BCUT2D eigenvalue weighted by Gasteiger charge is 2.20. The summed E-state index contributed by atoms with van der Waals surface area (Å²) < 4.78 is 0. The van der Waals surface area contributed by atoms with Crippen molar-refractivity contribution in [3.05, 3.63) is 59.1 Å². The molecule has 0 unspecified atom stereocenters. The topological polar surface area (TPSA) is 13.0 Å². The first kappa shape index (κ1) is 19.6. The molecule has 2 fully saturated rings. The molecule has 150 valence electrons. The fourth-order valence-corrected chi connectivity index (χ4v) is 4.42. The lowest BCUT2D eigenvalue weighted by Crippen LogP contribution is -2.51. The number of piperazine rings is 2. The van der Waals surface area contributed by atoms with Crippen LogP contribution in [-0.2, 0) is 0 Å². The normalized spacial score (nSPS) is 19.2. The molecule has 0 saturated carbocycles. The molecule has 28 heavy (non-hydrogen) atoms. The van der Waals surface area contributed by atoms with Gasteiger partial charge in [-0.1, -0.05) is 29.8 Å². The Bertz CT molecular complexity index is 699. The summed E-state index contributed by atoms with van der Waals surface area (Å²) >= 11 is 6.14. The van der Waals surface area contributed by atoms with Crippen molar-refractivity contribution in [2.45, 2.75) is 6.92 Å². The van der Waals surface area contributed by atoms with Gasteiger partial charge in [-0.3, -0.25) is 9.80 Å². The van der Waals surface area contributed by atoms with Gasteiger partial charge in [-0.25, -0.2) is 0 Å². The van der Waals surface area contributed by atoms with Crippen LogP contribution in [-0.4, -0.2) is 75.2 Å². The summed E-state index contributed by atoms with van der Waals surface area (Å²) in [5.41, 5.74) is 3.97. The van der Waals surface area contributed by atoms with E-state index in [2.05, 4.69) is 62.9 Å². The van der Waals surface area contributed by atoms with Gasteiger partial charge >= 0.3 is 0 Å². The van der Waals surface area contributed by atoms with Crippen LogP contribution >= 0.6 is 11.6 Å². The van der Waals surface area contributed by atoms with Crippen molar-refractivity contribution in [2.24, 2.45) is 0 Å². The minimum absolute atomic E-state index is 0.824. The Balaban J connectivity index is 1.18. The molecule has 0 aliphatic carbocycles. The number of rotatable bonds is 5. The van der Waals surface area contributed by atoms with E-state index in [-0.39, 0.29) is 0 Å². The molecule has 0 radical (unpaired) electrons. The lowest BCUT2D eigenvalue weighted by Gasteiger charge is -2.39. The summed E-state index contributed by atoms with van der Waals surface area (Å²) in [5, 5.41) is 0.824. The molecule has 4 rings (SSSR count). The van der Waals surface area contributed by atoms with Crippen LogP contribution in [0.2, 0.25) is 5.02 Å². The Morgan fingerprint density at radius 1 is 0.679 bits per heavy atom. The van der Waals surface area contributed by atoms with Crippen molar-refractivity contribution in [2.75, 3.05) is 75.2 Å². The van der Waals surface area contributed by atoms with Crippen molar-refractivity contribution in [1.29, 1.82) is 0 Å². The van der Waals surface area contributed by atoms with E-state index in [0.717, 1.165) is 57.4 Å². The summed E-state index contributed by atoms with van der Waals surface area (Å²) in [6.07, 6.45) is 0. The van der Waals surface area contributed by atoms with Gasteiger partial charge in [0.25, 0.3) is 0 Å². The third-order valence-corrected chi connectivity index (χ3v) is 6.25. The van der Waals surface area contributed by atoms with E-state index in [4.69, 9.17) is 11.6 Å². The summed E-state index contributed by atoms with van der Waals surface area (Å²) in [7, 11) is 0. The zero-order valence-corrected chi connectivity index (χ0v) is 17.6. The lowest BCUT2D eigenvalue weighted by molar-refractivity contribution is 0.190. The van der Waals surface area contributed by atoms with Crippen LogP contribution in [0.25, 0.3) is 0 Å². The molecule has 0 amide bonds. The molecule has 2 aromatic carbocycles. The minimum atomic E-state index is 0.824. The number of hydrogen-bond acceptors (Lipinski definition) is 4. The second kappa shape index (κ2) is 9.17. The summed E-state index contributed by atoms with van der Waals surface area (Å²) in [5.74, 6) is 0. The van der Waals surface area contributed by atoms with E-state index >= 15 is 0 Å². The molecular weight excluding hydrogens is 368 g/mol. The summed E-state index contributed by atoms with van der Waals surface area (Å²) in [6, 6.07) is 17.1. The van der Waals surface area contributed by atoms with Crippen LogP contribution in [0.5, 0.6) is 0 Å². The van der Waals surface area contributed by atoms with Gasteiger partial charge in [-0.05, 0) is 42.8 Å². The maximum absolute atomic E-state index is 6.14. The van der Waals surface area contributed by atoms with E-state index in [1.54, 1.807) is 0 Å². The predicted molar refractivity (Wildman–Crippen MR) is 120 cm³/mol. The molecule has 2 aromatic rings. The quantitative estimate of drug-likeness (QED) is 0.762. The van der Waals surface area contributed by atoms with Crippen LogP contribution in [0, 0.1) is 6.92 Å². The van der Waals surface area contributed by atoms with Gasteiger partial charge in [0.05, 0.1) is 0 Å². The number of nitrogens with zero attached hydrogens (tertiary/aromatic N) is 4. The standard InChI is InChI=1S/C23H31ClN4/c1-20-4-2-6-22(18-20)27-14-10-25(11-15-27)8-9-26-12-16-28(17-13-26)23-7-3-5-21(24)19-23/h2-7,18-19H,8-17H2,1H3. The fourth-order valence-electron chi connectivity index (χ4n) is 4.24. The fraction of sp³-hybridized carbons (Fsp3) is 0.478. The van der Waals surface area contributed by atoms with Gasteiger partial charge in [-0.2, -0.15) is 0 Å². The van der Waals surface area contributed by atoms with Gasteiger partial charge in [0, 0.05) is 81.8 Å². The van der Waals surface area contributed by atoms with E-state index < -0.39 is 0 Å². The largest absolute Gasteiger partial charge is 0.369 e. The highest BCUT2D eigenvalue weighted by atomic mass is 35.5. The minimum Gasteiger partial charge on any atom is -0.369 e. The first-order valence-corrected chi connectivity index (χ1v) is 10.8. The first-order valence-electron chi connectivity index (χ1n) is 10.4. The van der Waals surface area contributed by atoms with Crippen molar-refractivity contribution in [3.8, 4) is 0 Å². The first-order chi connectivity index (χ1) is 13.7. The van der Waals surface area contributed by atoms with Crippen molar-refractivity contribution < 1.29 is 0 Å². The number of benzene rings is 2. The van der Waals surface area contributed by atoms with E-state index in [0.29, 0.717) is 0 Å². The van der Waals surface area contributed by atoms with E-state index in [9.17, 15) is 0 Å². The van der Waals surface area contributed by atoms with Crippen LogP contribution in [0.3, 0.4) is 0 Å². The molecule has 0 N–H and O–H groups in total. The lowest BCUT2D eigenvalue weighted by atomic mass is 10.2. The molecule has 2 heterocycles. The Hall–Kier alpha value is -1.75. The molecule has 4 nitrogen and oxygen atoms in total. The van der Waals surface area contributed by atoms with Gasteiger partial charge < -0.3 is 9.80 Å². The molecular formula is C23H31ClN4. The number of aryl methyl sites for hydroxylation is 1. The average Bonchev–Trinajstić information content (AvgIpc) is 2.73. The van der Waals surface area contributed by atoms with Crippen LogP contribution < -0.4 is 9.80 Å². The van der Waals surface area contributed by atoms with Gasteiger partial charge in [0.15, 0.2) is 0 Å². The number of halogens is 1. The van der Waals surface area contributed by atoms with Crippen molar-refractivity contribution >= 4 is 23.0 Å². The average molecular weight is 399 g/mol. The predicted octanol–water partition coefficient (Wildman–Crippen LogP) is 3.59. The number of anilines is 2. The highest BCUT2D eigenvalue weighted by Crippen LogP contribution is 2.21. The third kappa shape index (κ3) is 4.99. The molecule has 2 saturated heterocycles. The maximum atomic E-state index is 6.14. The molecule has 0 spiro atoms. The summed E-state index contributed by atoms with van der Waals surface area (Å²) in [6.45, 7) is 13.6. The van der Waals surface area contributed by atoms with Crippen molar-refractivity contribution in [3.63, 3.8) is 0 Å². The van der Waals surface area contributed by atoms with Gasteiger partial charge in [0.1, 0.15) is 0 Å². The Labute approximate surface area is 174 Å². The molecule has 2 aliphatic heterocycles. The Kier molecular flexibility index (Phi) is 6.40. The van der Waals surface area contributed by atoms with Crippen LogP contribution in [0.4, 0.5) is 11.4 Å². The van der Waals surface area contributed by atoms with Gasteiger partial charge in [-0.15, -0.1) is 0 Å². The second-order valence-corrected chi connectivity index (χ2v) is 8.41. The van der Waals surface area contributed by atoms with Crippen LogP contribution in [0.15, 0.2) is 48.5 Å². The molecule has 0 bridgehead atoms. The zero-order valence-electron chi connectivity index (χ0n) is 16.9. The van der Waals surface area contributed by atoms with Crippen molar-refractivity contribution in [1.82, 2.24) is 9.80 Å². The maximum Gasteiger partial charge on any atom is 0.0426 e. The SMILES string of the molecule is Cc1cccc(N2CCN(CCN3CCN(c4cccc(Cl)c4)CC3)CC2)c1.